The van der Waals surface area contributed by atoms with Crippen LogP contribution in [0.3, 0.4) is 0 Å². The number of Topliss-reactive ketones (excluding diaryl/α,β-unsaturated/α-hetero) is 1. The van der Waals surface area contributed by atoms with Gasteiger partial charge < -0.3 is 9.47 Å². The fourth-order valence-corrected chi connectivity index (χ4v) is 4.04. The smallest absolute Gasteiger partial charge is 0.209 e. The minimum absolute atomic E-state index is 0.000203. The monoisotopic (exact) mass is 388 g/mol. The van der Waals surface area contributed by atoms with Gasteiger partial charge in [-0.05, 0) is 40.1 Å². The molecular formula is C17H16N4O3S2. The largest absolute Gasteiger partial charge is 0.486 e. The number of hydrogen-bond acceptors (Lipinski definition) is 8. The Labute approximate surface area is 158 Å². The molecule has 134 valence electrons. The zero-order chi connectivity index (χ0) is 17.8. The highest BCUT2D eigenvalue weighted by atomic mass is 32.2. The lowest BCUT2D eigenvalue weighted by atomic mass is 10.1. The van der Waals surface area contributed by atoms with Gasteiger partial charge in [-0.2, -0.15) is 0 Å². The van der Waals surface area contributed by atoms with Gasteiger partial charge in [0.1, 0.15) is 13.2 Å². The van der Waals surface area contributed by atoms with Gasteiger partial charge in [0.15, 0.2) is 17.3 Å². The predicted octanol–water partition coefficient (Wildman–Crippen LogP) is 2.72. The van der Waals surface area contributed by atoms with Crippen LogP contribution in [-0.4, -0.2) is 45.0 Å². The molecule has 0 N–H and O–H groups in total. The maximum atomic E-state index is 12.5. The van der Waals surface area contributed by atoms with Gasteiger partial charge in [-0.1, -0.05) is 17.8 Å². The van der Waals surface area contributed by atoms with Crippen LogP contribution in [0.1, 0.15) is 15.2 Å². The Hall–Kier alpha value is -2.39. The Bertz CT molecular complexity index is 895. The first kappa shape index (κ1) is 17.0. The number of nitrogens with zero attached hydrogens (tertiary/aromatic N) is 4. The minimum Gasteiger partial charge on any atom is -0.486 e. The molecule has 0 amide bonds. The third-order valence-corrected chi connectivity index (χ3v) is 5.74. The van der Waals surface area contributed by atoms with Gasteiger partial charge in [-0.25, -0.2) is 4.68 Å². The lowest BCUT2D eigenvalue weighted by Gasteiger charge is -2.18. The second-order valence-corrected chi connectivity index (χ2v) is 7.56. The van der Waals surface area contributed by atoms with Crippen LogP contribution in [0.15, 0.2) is 40.9 Å². The van der Waals surface area contributed by atoms with Crippen molar-refractivity contribution >= 4 is 28.9 Å². The standard InChI is InChI=1S/C17H16N4O3S2/c22-14(12-3-4-15-16(10-12)24-8-7-23-15)11-26-17-18-19-20-21(17)6-5-13-2-1-9-25-13/h1-4,9-10H,5-8,11H2. The van der Waals surface area contributed by atoms with Gasteiger partial charge in [-0.15, -0.1) is 16.4 Å². The zero-order valence-electron chi connectivity index (χ0n) is 13.8. The van der Waals surface area contributed by atoms with Crippen molar-refractivity contribution in [3.05, 3.63) is 46.2 Å². The maximum absolute atomic E-state index is 12.5. The number of ether oxygens (including phenoxy) is 2. The van der Waals surface area contributed by atoms with Crippen molar-refractivity contribution in [2.75, 3.05) is 19.0 Å². The van der Waals surface area contributed by atoms with E-state index in [9.17, 15) is 4.79 Å². The van der Waals surface area contributed by atoms with Crippen molar-refractivity contribution in [3.63, 3.8) is 0 Å². The maximum Gasteiger partial charge on any atom is 0.209 e. The molecule has 0 radical (unpaired) electrons. The Morgan fingerprint density at radius 2 is 2.12 bits per heavy atom. The third kappa shape index (κ3) is 3.88. The SMILES string of the molecule is O=C(CSc1nnnn1CCc1cccs1)c1ccc2c(c1)OCCO2. The van der Waals surface area contributed by atoms with Crippen LogP contribution in [0.4, 0.5) is 0 Å². The second-order valence-electron chi connectivity index (χ2n) is 5.58. The number of rotatable bonds is 7. The molecule has 9 heteroatoms. The Morgan fingerprint density at radius 3 is 2.96 bits per heavy atom. The van der Waals surface area contributed by atoms with E-state index in [1.54, 1.807) is 34.2 Å². The highest BCUT2D eigenvalue weighted by molar-refractivity contribution is 7.99. The summed E-state index contributed by atoms with van der Waals surface area (Å²) in [6.45, 7) is 1.72. The number of aromatic nitrogens is 4. The summed E-state index contributed by atoms with van der Waals surface area (Å²) >= 11 is 3.05. The highest BCUT2D eigenvalue weighted by Gasteiger charge is 2.16. The van der Waals surface area contributed by atoms with Crippen LogP contribution < -0.4 is 9.47 Å². The van der Waals surface area contributed by atoms with E-state index in [1.807, 2.05) is 6.07 Å². The summed E-state index contributed by atoms with van der Waals surface area (Å²) in [5.74, 6) is 1.56. The van der Waals surface area contributed by atoms with E-state index >= 15 is 0 Å². The molecule has 0 aliphatic carbocycles. The first-order valence-electron chi connectivity index (χ1n) is 8.14. The van der Waals surface area contributed by atoms with E-state index < -0.39 is 0 Å². The molecule has 2 aromatic heterocycles. The predicted molar refractivity (Wildman–Crippen MR) is 98.3 cm³/mol. The minimum atomic E-state index is -0.000203. The van der Waals surface area contributed by atoms with Crippen molar-refractivity contribution in [1.29, 1.82) is 0 Å². The van der Waals surface area contributed by atoms with Gasteiger partial charge in [0, 0.05) is 16.9 Å². The highest BCUT2D eigenvalue weighted by Crippen LogP contribution is 2.31. The number of thiophene rings is 1. The van der Waals surface area contributed by atoms with Crippen molar-refractivity contribution in [3.8, 4) is 11.5 Å². The van der Waals surface area contributed by atoms with Gasteiger partial charge in [-0.3, -0.25) is 4.79 Å². The molecule has 0 saturated heterocycles. The number of carbonyl (C=O) groups is 1. The number of aryl methyl sites for hydroxylation is 2. The molecular weight excluding hydrogens is 372 g/mol. The molecule has 0 saturated carbocycles. The van der Waals surface area contributed by atoms with Gasteiger partial charge in [0.2, 0.25) is 5.16 Å². The lowest BCUT2D eigenvalue weighted by molar-refractivity contribution is 0.102. The Morgan fingerprint density at radius 1 is 1.23 bits per heavy atom. The van der Waals surface area contributed by atoms with Gasteiger partial charge in [0.25, 0.3) is 0 Å². The van der Waals surface area contributed by atoms with Gasteiger partial charge in [0.05, 0.1) is 12.3 Å². The first-order valence-corrected chi connectivity index (χ1v) is 10.0. The van der Waals surface area contributed by atoms with E-state index in [0.29, 0.717) is 42.0 Å². The molecule has 7 nitrogen and oxygen atoms in total. The van der Waals surface area contributed by atoms with Crippen molar-refractivity contribution < 1.29 is 14.3 Å². The van der Waals surface area contributed by atoms with Crippen molar-refractivity contribution in [2.24, 2.45) is 0 Å². The fraction of sp³-hybridized carbons (Fsp3) is 0.294. The normalized spacial score (nSPS) is 12.9. The molecule has 0 atom stereocenters. The average Bonchev–Trinajstić information content (AvgIpc) is 3.35. The molecule has 1 aromatic carbocycles. The van der Waals surface area contributed by atoms with E-state index in [2.05, 4.69) is 27.0 Å². The number of ketones is 1. The number of thioether (sulfide) groups is 1. The summed E-state index contributed by atoms with van der Waals surface area (Å²) in [6.07, 6.45) is 0.867. The van der Waals surface area contributed by atoms with E-state index in [4.69, 9.17) is 9.47 Å². The van der Waals surface area contributed by atoms with Crippen LogP contribution in [0, 0.1) is 0 Å². The number of fused-ring (bicyclic) bond motifs is 1. The average molecular weight is 388 g/mol. The Balaban J connectivity index is 1.37. The van der Waals surface area contributed by atoms with Crippen molar-refractivity contribution in [2.45, 2.75) is 18.1 Å². The summed E-state index contributed by atoms with van der Waals surface area (Å²) in [7, 11) is 0. The molecule has 0 bridgehead atoms. The summed E-state index contributed by atoms with van der Waals surface area (Å²) < 4.78 is 12.7. The zero-order valence-corrected chi connectivity index (χ0v) is 15.5. The summed E-state index contributed by atoms with van der Waals surface area (Å²) in [5.41, 5.74) is 0.597. The number of carbonyl (C=O) groups excluding carboxylic acids is 1. The van der Waals surface area contributed by atoms with E-state index in [0.717, 1.165) is 6.42 Å². The van der Waals surface area contributed by atoms with E-state index in [-0.39, 0.29) is 11.5 Å². The molecule has 0 spiro atoms. The molecule has 3 aromatic rings. The molecule has 26 heavy (non-hydrogen) atoms. The summed E-state index contributed by atoms with van der Waals surface area (Å²) in [4.78, 5) is 13.8. The molecule has 1 aliphatic rings. The molecule has 0 unspecified atom stereocenters. The Kier molecular flexibility index (Phi) is 5.16. The quantitative estimate of drug-likeness (QED) is 0.455. The van der Waals surface area contributed by atoms with Crippen LogP contribution in [0.25, 0.3) is 0 Å². The van der Waals surface area contributed by atoms with Crippen molar-refractivity contribution in [1.82, 2.24) is 20.2 Å². The molecule has 3 heterocycles. The molecule has 4 rings (SSSR count). The number of benzene rings is 1. The number of hydrogen-bond donors (Lipinski definition) is 0. The first-order chi connectivity index (χ1) is 12.8. The topological polar surface area (TPSA) is 79.1 Å². The summed E-state index contributed by atoms with van der Waals surface area (Å²) in [5, 5.41) is 14.5. The molecule has 0 fully saturated rings. The summed E-state index contributed by atoms with van der Waals surface area (Å²) in [6, 6.07) is 9.39. The lowest BCUT2D eigenvalue weighted by Crippen LogP contribution is -2.16. The van der Waals surface area contributed by atoms with Crippen LogP contribution >= 0.6 is 23.1 Å². The van der Waals surface area contributed by atoms with Gasteiger partial charge >= 0.3 is 0 Å². The molecule has 1 aliphatic heterocycles. The number of tetrazole rings is 1. The second kappa shape index (κ2) is 7.88. The van der Waals surface area contributed by atoms with Crippen LogP contribution in [0.5, 0.6) is 11.5 Å². The van der Waals surface area contributed by atoms with E-state index in [1.165, 1.54) is 16.6 Å². The fourth-order valence-electron chi connectivity index (χ4n) is 2.54. The van der Waals surface area contributed by atoms with Crippen LogP contribution in [-0.2, 0) is 13.0 Å². The third-order valence-electron chi connectivity index (χ3n) is 3.85. The van der Waals surface area contributed by atoms with Crippen LogP contribution in [0.2, 0.25) is 0 Å².